The van der Waals surface area contributed by atoms with E-state index in [1.807, 2.05) is 29.2 Å². The third kappa shape index (κ3) is 4.08. The average molecular weight is 333 g/mol. The lowest BCUT2D eigenvalue weighted by Crippen LogP contribution is -2.43. The van der Waals surface area contributed by atoms with Gasteiger partial charge in [0.1, 0.15) is 5.75 Å². The number of amides is 1. The third-order valence-electron chi connectivity index (χ3n) is 5.17. The Morgan fingerprint density at radius 2 is 1.96 bits per heavy atom. The molecular weight excluding hydrogens is 306 g/mol. The van der Waals surface area contributed by atoms with E-state index in [4.69, 9.17) is 9.47 Å². The molecule has 1 aliphatic carbocycles. The molecule has 132 valence electrons. The van der Waals surface area contributed by atoms with Crippen LogP contribution in [0.1, 0.15) is 37.7 Å². The molecule has 1 aromatic rings. The number of nitrogens with zero attached hydrogens (tertiary/aromatic N) is 1. The van der Waals surface area contributed by atoms with Gasteiger partial charge in [-0.3, -0.25) is 4.79 Å². The number of benzene rings is 1. The van der Waals surface area contributed by atoms with Crippen molar-refractivity contribution in [3.63, 3.8) is 0 Å². The molecule has 3 rings (SSSR count). The standard InChI is InChI=1S/C19H27NO4/c1-23-18-5-3-2-4-15(18)13-24-17-8-10-20(11-9-17)19(22)14-6-7-16(21)12-14/h2-5,14,16-17,21H,6-13H2,1H3/t14-,16-/m1/s1. The molecule has 1 aromatic carbocycles. The number of likely N-dealkylation sites (tertiary alicyclic amines) is 1. The fourth-order valence-corrected chi connectivity index (χ4v) is 3.71. The predicted molar refractivity (Wildman–Crippen MR) is 90.7 cm³/mol. The maximum absolute atomic E-state index is 12.5. The number of rotatable bonds is 5. The van der Waals surface area contributed by atoms with Crippen LogP contribution >= 0.6 is 0 Å². The first-order valence-corrected chi connectivity index (χ1v) is 8.87. The van der Waals surface area contributed by atoms with Crippen molar-refractivity contribution in [1.29, 1.82) is 0 Å². The molecule has 5 nitrogen and oxygen atoms in total. The van der Waals surface area contributed by atoms with Gasteiger partial charge < -0.3 is 19.5 Å². The van der Waals surface area contributed by atoms with E-state index in [-0.39, 0.29) is 24.0 Å². The maximum Gasteiger partial charge on any atom is 0.225 e. The molecule has 5 heteroatoms. The van der Waals surface area contributed by atoms with Gasteiger partial charge >= 0.3 is 0 Å². The lowest BCUT2D eigenvalue weighted by atomic mass is 10.0. The molecule has 0 spiro atoms. The van der Waals surface area contributed by atoms with Crippen molar-refractivity contribution >= 4 is 5.91 Å². The number of hydrogen-bond acceptors (Lipinski definition) is 4. The number of ether oxygens (including phenoxy) is 2. The molecule has 1 saturated carbocycles. The number of carbonyl (C=O) groups is 1. The molecule has 2 fully saturated rings. The molecule has 1 heterocycles. The van der Waals surface area contributed by atoms with Crippen molar-refractivity contribution in [3.05, 3.63) is 29.8 Å². The molecular formula is C19H27NO4. The third-order valence-corrected chi connectivity index (χ3v) is 5.17. The fourth-order valence-electron chi connectivity index (χ4n) is 3.71. The Hall–Kier alpha value is -1.59. The number of methoxy groups -OCH3 is 1. The van der Waals surface area contributed by atoms with Crippen molar-refractivity contribution in [3.8, 4) is 5.75 Å². The number of piperidine rings is 1. The fraction of sp³-hybridized carbons (Fsp3) is 0.632. The van der Waals surface area contributed by atoms with Crippen LogP contribution in [0.4, 0.5) is 0 Å². The summed E-state index contributed by atoms with van der Waals surface area (Å²) >= 11 is 0. The lowest BCUT2D eigenvalue weighted by molar-refractivity contribution is -0.138. The number of aliphatic hydroxyl groups excluding tert-OH is 1. The highest BCUT2D eigenvalue weighted by Gasteiger charge is 2.33. The van der Waals surface area contributed by atoms with E-state index in [9.17, 15) is 9.90 Å². The smallest absolute Gasteiger partial charge is 0.225 e. The minimum atomic E-state index is -0.291. The first kappa shape index (κ1) is 17.2. The molecule has 2 aliphatic rings. The van der Waals surface area contributed by atoms with Crippen LogP contribution in [-0.2, 0) is 16.1 Å². The van der Waals surface area contributed by atoms with E-state index in [0.29, 0.717) is 13.0 Å². The van der Waals surface area contributed by atoms with Gasteiger partial charge in [-0.15, -0.1) is 0 Å². The summed E-state index contributed by atoms with van der Waals surface area (Å²) in [7, 11) is 1.67. The second-order valence-electron chi connectivity index (χ2n) is 6.81. The van der Waals surface area contributed by atoms with Crippen LogP contribution in [0.15, 0.2) is 24.3 Å². The van der Waals surface area contributed by atoms with Gasteiger partial charge in [-0.05, 0) is 38.2 Å². The van der Waals surface area contributed by atoms with Gasteiger partial charge in [0.05, 0.1) is 25.9 Å². The number of para-hydroxylation sites is 1. The largest absolute Gasteiger partial charge is 0.496 e. The second-order valence-corrected chi connectivity index (χ2v) is 6.81. The Bertz CT molecular complexity index is 554. The summed E-state index contributed by atoms with van der Waals surface area (Å²) in [5, 5.41) is 9.61. The van der Waals surface area contributed by atoms with Crippen LogP contribution in [0.5, 0.6) is 5.75 Å². The highest BCUT2D eigenvalue weighted by molar-refractivity contribution is 5.79. The van der Waals surface area contributed by atoms with Gasteiger partial charge in [0.2, 0.25) is 5.91 Å². The Labute approximate surface area is 143 Å². The summed E-state index contributed by atoms with van der Waals surface area (Å²) in [6, 6.07) is 7.89. The summed E-state index contributed by atoms with van der Waals surface area (Å²) in [5.41, 5.74) is 1.05. The normalized spacial score (nSPS) is 25.0. The first-order valence-electron chi connectivity index (χ1n) is 8.87. The number of carbonyl (C=O) groups excluding carboxylic acids is 1. The lowest BCUT2D eigenvalue weighted by Gasteiger charge is -2.33. The highest BCUT2D eigenvalue weighted by Crippen LogP contribution is 2.29. The molecule has 2 atom stereocenters. The zero-order valence-electron chi connectivity index (χ0n) is 14.3. The van der Waals surface area contributed by atoms with E-state index in [0.717, 1.165) is 50.1 Å². The van der Waals surface area contributed by atoms with Crippen LogP contribution in [-0.4, -0.2) is 48.3 Å². The van der Waals surface area contributed by atoms with E-state index in [1.54, 1.807) is 7.11 Å². The minimum absolute atomic E-state index is 0.0195. The van der Waals surface area contributed by atoms with Crippen molar-refractivity contribution in [2.75, 3.05) is 20.2 Å². The van der Waals surface area contributed by atoms with Crippen LogP contribution in [0.3, 0.4) is 0 Å². The molecule has 0 unspecified atom stereocenters. The van der Waals surface area contributed by atoms with Crippen molar-refractivity contribution < 1.29 is 19.4 Å². The molecule has 0 bridgehead atoms. The SMILES string of the molecule is COc1ccccc1COC1CCN(C(=O)[C@@H]2CC[C@@H](O)C2)CC1. The average Bonchev–Trinajstić information content (AvgIpc) is 3.06. The van der Waals surface area contributed by atoms with E-state index >= 15 is 0 Å². The van der Waals surface area contributed by atoms with Gasteiger partial charge in [0.15, 0.2) is 0 Å². The Kier molecular flexibility index (Phi) is 5.74. The Morgan fingerprint density at radius 3 is 2.62 bits per heavy atom. The summed E-state index contributed by atoms with van der Waals surface area (Å²) < 4.78 is 11.4. The van der Waals surface area contributed by atoms with Crippen LogP contribution < -0.4 is 4.74 Å². The van der Waals surface area contributed by atoms with Crippen molar-refractivity contribution in [1.82, 2.24) is 4.90 Å². The summed E-state index contributed by atoms with van der Waals surface area (Å²) in [5.74, 6) is 1.09. The van der Waals surface area contributed by atoms with Crippen LogP contribution in [0.25, 0.3) is 0 Å². The van der Waals surface area contributed by atoms with Gasteiger partial charge in [-0.1, -0.05) is 18.2 Å². The van der Waals surface area contributed by atoms with Gasteiger partial charge in [-0.2, -0.15) is 0 Å². The molecule has 0 radical (unpaired) electrons. The van der Waals surface area contributed by atoms with Gasteiger partial charge in [-0.25, -0.2) is 0 Å². The first-order chi connectivity index (χ1) is 11.7. The maximum atomic E-state index is 12.5. The highest BCUT2D eigenvalue weighted by atomic mass is 16.5. The van der Waals surface area contributed by atoms with E-state index in [2.05, 4.69) is 0 Å². The Morgan fingerprint density at radius 1 is 1.21 bits per heavy atom. The molecule has 1 amide bonds. The van der Waals surface area contributed by atoms with Crippen molar-refractivity contribution in [2.45, 2.75) is 50.9 Å². The minimum Gasteiger partial charge on any atom is -0.496 e. The van der Waals surface area contributed by atoms with Crippen LogP contribution in [0.2, 0.25) is 0 Å². The number of aliphatic hydroxyl groups is 1. The molecule has 1 aliphatic heterocycles. The quantitative estimate of drug-likeness (QED) is 0.899. The zero-order valence-corrected chi connectivity index (χ0v) is 14.3. The molecule has 1 saturated heterocycles. The van der Waals surface area contributed by atoms with Crippen molar-refractivity contribution in [2.24, 2.45) is 5.92 Å². The summed E-state index contributed by atoms with van der Waals surface area (Å²) in [4.78, 5) is 14.4. The molecule has 1 N–H and O–H groups in total. The molecule has 24 heavy (non-hydrogen) atoms. The predicted octanol–water partition coefficient (Wildman–Crippen LogP) is 2.36. The topological polar surface area (TPSA) is 59.0 Å². The second kappa shape index (κ2) is 7.99. The van der Waals surface area contributed by atoms with Gasteiger partial charge in [0, 0.05) is 24.6 Å². The monoisotopic (exact) mass is 333 g/mol. The number of hydrogen-bond donors (Lipinski definition) is 1. The van der Waals surface area contributed by atoms with E-state index in [1.165, 1.54) is 0 Å². The molecule has 0 aromatic heterocycles. The van der Waals surface area contributed by atoms with Gasteiger partial charge in [0.25, 0.3) is 0 Å². The summed E-state index contributed by atoms with van der Waals surface area (Å²) in [6.45, 7) is 2.04. The van der Waals surface area contributed by atoms with Crippen LogP contribution in [0, 0.1) is 5.92 Å². The summed E-state index contributed by atoms with van der Waals surface area (Å²) in [6.07, 6.45) is 3.85. The Balaban J connectivity index is 1.44. The van der Waals surface area contributed by atoms with E-state index < -0.39 is 0 Å². The zero-order chi connectivity index (χ0) is 16.9.